The summed E-state index contributed by atoms with van der Waals surface area (Å²) in [4.78, 5) is 44.7. The number of nitrogens with zero attached hydrogens (tertiary/aromatic N) is 3. The first kappa shape index (κ1) is 65.3. The van der Waals surface area contributed by atoms with E-state index in [1.807, 2.05) is 78.9 Å². The second kappa shape index (κ2) is 36.8. The third-order valence-electron chi connectivity index (χ3n) is 12.5. The van der Waals surface area contributed by atoms with Gasteiger partial charge in [0.2, 0.25) is 6.54 Å². The lowest BCUT2D eigenvalue weighted by Crippen LogP contribution is -2.41. The van der Waals surface area contributed by atoms with Gasteiger partial charge < -0.3 is 38.2 Å². The number of hydrogen-bond donors (Lipinski definition) is 3. The minimum atomic E-state index is -1.81. The van der Waals surface area contributed by atoms with E-state index >= 15 is 0 Å². The number of carbonyl (C=O) groups excluding carboxylic acids is 1. The van der Waals surface area contributed by atoms with E-state index in [1.165, 1.54) is 16.8 Å². The Kier molecular flexibility index (Phi) is 28.6. The lowest BCUT2D eigenvalue weighted by molar-refractivity contribution is -0.0933. The van der Waals surface area contributed by atoms with Gasteiger partial charge in [0, 0.05) is 102 Å². The van der Waals surface area contributed by atoms with E-state index in [9.17, 15) is 14.4 Å². The number of aromatic amines is 1. The molecule has 0 saturated carbocycles. The van der Waals surface area contributed by atoms with E-state index in [2.05, 4.69) is 171 Å². The highest BCUT2D eigenvalue weighted by atomic mass is 31.2. The molecule has 0 bridgehead atoms. The minimum Gasteiger partial charge on any atom is -0.497 e. The highest BCUT2D eigenvalue weighted by Gasteiger charge is 2.50. The Labute approximate surface area is 495 Å². The molecule has 5 rings (SSSR count). The average Bonchev–Trinajstić information content (AvgIpc) is 1.78. The molecule has 84 heavy (non-hydrogen) atoms. The van der Waals surface area contributed by atoms with Crippen LogP contribution < -0.4 is 31.4 Å². The number of amides is 2. The number of rotatable bonds is 25. The second-order valence-corrected chi connectivity index (χ2v) is 20.1. The number of H-pyrrole nitrogens is 1. The van der Waals surface area contributed by atoms with E-state index < -0.39 is 55.8 Å². The van der Waals surface area contributed by atoms with Gasteiger partial charge >= 0.3 is 11.7 Å². The van der Waals surface area contributed by atoms with E-state index in [4.69, 9.17) is 34.6 Å². The van der Waals surface area contributed by atoms with Gasteiger partial charge in [0.05, 0.1) is 20.8 Å². The summed E-state index contributed by atoms with van der Waals surface area (Å²) < 4.78 is 43.1. The van der Waals surface area contributed by atoms with Gasteiger partial charge in [-0.05, 0) is 136 Å². The molecular formula is C68H65N6O9P. The van der Waals surface area contributed by atoms with Gasteiger partial charge in [-0.3, -0.25) is 19.7 Å². The van der Waals surface area contributed by atoms with Crippen LogP contribution in [0.3, 0.4) is 0 Å². The molecule has 15 nitrogen and oxygen atoms in total. The van der Waals surface area contributed by atoms with Gasteiger partial charge in [0.1, 0.15) is 42.1 Å². The summed E-state index contributed by atoms with van der Waals surface area (Å²) in [5, 5.41) is 5.27. The number of ether oxygens (including phenoxy) is 4. The van der Waals surface area contributed by atoms with Crippen molar-refractivity contribution in [1.82, 2.24) is 24.9 Å². The lowest BCUT2D eigenvalue weighted by atomic mass is 9.80. The standard InChI is InChI=1S/C68H65N6O9P/c1-9-10-11-12-13-14-15-16-17-18-19-20-21-22-23-24-25-28-34-48-70-66(76)71-49-35-29-26-27-33-38-61-64(83-84(81-52-50-69-6)74(54(2)3)55(4)5)62(82-65(61)73-51-47-63(75)72-67(73)77)53-80-68(56-36-31-30-32-37-56,57-39-43-59(78-7)44-40-57)58-41-45-60(79-8)46-42-58/h30-32,36-37,39-47,51,54-55,61-62,64-65H,26-27,29,33,35,38,49-50,52-53H2,1-5,7-8H3,(H2,70,71,76)(H,72,75,77)/t61-,62+,64?,65+,84?/m0/s1. The Bertz CT molecular complexity index is 3620. The van der Waals surface area contributed by atoms with E-state index in [0.29, 0.717) is 30.9 Å². The molecule has 1 fully saturated rings. The van der Waals surface area contributed by atoms with Crippen molar-refractivity contribution in [3.8, 4) is 130 Å². The Morgan fingerprint density at radius 1 is 0.714 bits per heavy atom. The lowest BCUT2D eigenvalue weighted by Gasteiger charge is -2.39. The molecule has 2 amide bonds. The van der Waals surface area contributed by atoms with Gasteiger partial charge in [-0.1, -0.05) is 86.2 Å². The van der Waals surface area contributed by atoms with Crippen molar-refractivity contribution in [2.45, 2.75) is 109 Å². The topological polar surface area (TPSA) is 159 Å². The molecule has 426 valence electrons. The number of unbranched alkanes of at least 4 members (excludes halogenated alkanes) is 4. The van der Waals surface area contributed by atoms with Crippen molar-refractivity contribution in [1.29, 1.82) is 0 Å². The van der Waals surface area contributed by atoms with Crippen LogP contribution in [0.1, 0.15) is 96.1 Å². The zero-order chi connectivity index (χ0) is 60.2. The molecule has 1 saturated heterocycles. The third kappa shape index (κ3) is 20.8. The van der Waals surface area contributed by atoms with Gasteiger partial charge in [0.15, 0.2) is 0 Å². The average molecular weight is 1140 g/mol. The smallest absolute Gasteiger partial charge is 0.330 e. The van der Waals surface area contributed by atoms with Crippen molar-refractivity contribution in [3.05, 3.63) is 140 Å². The first-order valence-corrected chi connectivity index (χ1v) is 28.2. The molecule has 0 spiro atoms. The summed E-state index contributed by atoms with van der Waals surface area (Å²) in [6.45, 7) is 18.2. The van der Waals surface area contributed by atoms with Crippen molar-refractivity contribution in [3.63, 3.8) is 0 Å². The Morgan fingerprint density at radius 2 is 1.23 bits per heavy atom. The van der Waals surface area contributed by atoms with E-state index in [1.54, 1.807) is 21.1 Å². The van der Waals surface area contributed by atoms with Crippen LogP contribution in [-0.2, 0) is 24.1 Å². The first-order valence-electron chi connectivity index (χ1n) is 27.1. The summed E-state index contributed by atoms with van der Waals surface area (Å²) in [7, 11) is 1.43. The summed E-state index contributed by atoms with van der Waals surface area (Å²) in [6.07, 6.45) is 3.54. The predicted octanol–water partition coefficient (Wildman–Crippen LogP) is 8.39. The number of benzene rings is 3. The van der Waals surface area contributed by atoms with Crippen LogP contribution >= 0.6 is 8.53 Å². The molecule has 0 aliphatic carbocycles. The Balaban J connectivity index is 1.31. The maximum atomic E-state index is 13.8. The molecule has 4 aromatic rings. The van der Waals surface area contributed by atoms with Crippen LogP contribution in [-0.4, -0.2) is 85.1 Å². The SMILES string of the molecule is [C-]#[N+]CCOP(OC1[C@@H](COC(c2ccccc2)(c2ccc(OC)cc2)c2ccc(OC)cc2)O[C@@H](n2ccc(=O)[nH]c2=O)[C@H]1CCCCCCCNC(=O)NC#CC#CC#CC#CC#CC#CC#CC#CC#CC#CC)N(C(C)C)C(C)C. The Hall–Kier alpha value is -9.47. The fourth-order valence-electron chi connectivity index (χ4n) is 8.92. The minimum absolute atomic E-state index is 0.00829. The summed E-state index contributed by atoms with van der Waals surface area (Å²) >= 11 is 0. The number of nitrogens with one attached hydrogen (secondary N) is 3. The largest absolute Gasteiger partial charge is 0.497 e. The van der Waals surface area contributed by atoms with Gasteiger partial charge in [-0.25, -0.2) is 20.8 Å². The predicted molar refractivity (Wildman–Crippen MR) is 326 cm³/mol. The molecule has 2 heterocycles. The monoisotopic (exact) mass is 1140 g/mol. The second-order valence-electron chi connectivity index (χ2n) is 18.7. The van der Waals surface area contributed by atoms with Crippen LogP contribution in [0.4, 0.5) is 4.79 Å². The van der Waals surface area contributed by atoms with Crippen LogP contribution in [0.5, 0.6) is 11.5 Å². The molecular weight excluding hydrogens is 1080 g/mol. The van der Waals surface area contributed by atoms with Gasteiger partial charge in [-0.2, -0.15) is 0 Å². The maximum Gasteiger partial charge on any atom is 0.330 e. The molecule has 3 N–H and O–H groups in total. The number of aromatic nitrogens is 2. The number of urea groups is 1. The molecule has 5 atom stereocenters. The third-order valence-corrected chi connectivity index (χ3v) is 14.6. The summed E-state index contributed by atoms with van der Waals surface area (Å²) in [5.41, 5.74) is 0.0882. The fourth-order valence-corrected chi connectivity index (χ4v) is 10.7. The van der Waals surface area contributed by atoms with Crippen LogP contribution in [0.2, 0.25) is 0 Å². The normalized spacial score (nSPS) is 14.6. The molecule has 16 heteroatoms. The van der Waals surface area contributed by atoms with Gasteiger partial charge in [-0.15, -0.1) is 0 Å². The summed E-state index contributed by atoms with van der Waals surface area (Å²) in [6, 6.07) is 28.7. The highest BCUT2D eigenvalue weighted by molar-refractivity contribution is 7.44. The quantitative estimate of drug-likeness (QED) is 0.0147. The summed E-state index contributed by atoms with van der Waals surface area (Å²) in [5.74, 6) is 49.1. The van der Waals surface area contributed by atoms with Crippen molar-refractivity contribution < 1.29 is 32.8 Å². The van der Waals surface area contributed by atoms with E-state index in [-0.39, 0.29) is 31.8 Å². The zero-order valence-electron chi connectivity index (χ0n) is 48.2. The first-order chi connectivity index (χ1) is 41.0. The van der Waals surface area contributed by atoms with Crippen LogP contribution in [0.15, 0.2) is 101 Å². The van der Waals surface area contributed by atoms with Crippen molar-refractivity contribution in [2.75, 3.05) is 40.5 Å². The van der Waals surface area contributed by atoms with Crippen LogP contribution in [0, 0.1) is 131 Å². The van der Waals surface area contributed by atoms with Crippen molar-refractivity contribution >= 4 is 14.6 Å². The number of methoxy groups -OCH3 is 2. The number of hydrogen-bond acceptors (Lipinski definition) is 10. The molecule has 2 unspecified atom stereocenters. The fraction of sp³-hybridized carbons (Fsp3) is 0.353. The molecule has 1 aliphatic rings. The number of carbonyl (C=O) groups is 1. The molecule has 1 aliphatic heterocycles. The van der Waals surface area contributed by atoms with Crippen LogP contribution in [0.25, 0.3) is 4.85 Å². The Morgan fingerprint density at radius 3 is 1.74 bits per heavy atom. The zero-order valence-corrected chi connectivity index (χ0v) is 49.1. The molecule has 0 radical (unpaired) electrons. The molecule has 1 aromatic heterocycles. The van der Waals surface area contributed by atoms with E-state index in [0.717, 1.165) is 42.4 Å². The molecule has 3 aromatic carbocycles. The highest BCUT2D eigenvalue weighted by Crippen LogP contribution is 2.53. The van der Waals surface area contributed by atoms with Crippen molar-refractivity contribution in [2.24, 2.45) is 5.92 Å². The maximum absolute atomic E-state index is 13.8. The van der Waals surface area contributed by atoms with Gasteiger partial charge in [0.25, 0.3) is 14.1 Å².